The van der Waals surface area contributed by atoms with Crippen LogP contribution in [0, 0.1) is 0 Å². The van der Waals surface area contributed by atoms with Crippen LogP contribution in [0.4, 0.5) is 0 Å². The van der Waals surface area contributed by atoms with Gasteiger partial charge in [-0.1, -0.05) is 42.5 Å². The Kier molecular flexibility index (Phi) is 8.72. The number of hydrogen-bond acceptors (Lipinski definition) is 6. The molecule has 1 aliphatic heterocycles. The Morgan fingerprint density at radius 3 is 2.32 bits per heavy atom. The Morgan fingerprint density at radius 2 is 1.75 bits per heavy atom. The highest BCUT2D eigenvalue weighted by Crippen LogP contribution is 2.33. The van der Waals surface area contributed by atoms with Crippen LogP contribution in [0.3, 0.4) is 0 Å². The molecule has 1 fully saturated rings. The van der Waals surface area contributed by atoms with Crippen LogP contribution >= 0.6 is 0 Å². The molecule has 1 saturated heterocycles. The van der Waals surface area contributed by atoms with Crippen LogP contribution in [0.25, 0.3) is 0 Å². The van der Waals surface area contributed by atoms with E-state index in [1.165, 1.54) is 0 Å². The summed E-state index contributed by atoms with van der Waals surface area (Å²) in [6, 6.07) is 18.0. The Labute approximate surface area is 166 Å². The van der Waals surface area contributed by atoms with Gasteiger partial charge in [-0.05, 0) is 24.6 Å². The SMILES string of the molecule is CCOc1ccccc1O[C@@H](c1ccccc1)[C@H]1CNCCO1.CS(=O)(=O)O. The summed E-state index contributed by atoms with van der Waals surface area (Å²) in [6.07, 6.45) is 0.513. The second kappa shape index (κ2) is 11.0. The summed E-state index contributed by atoms with van der Waals surface area (Å²) in [6.45, 7) is 4.94. The second-order valence-corrected chi connectivity index (χ2v) is 7.64. The molecule has 154 valence electrons. The minimum atomic E-state index is -3.67. The number of para-hydroxylation sites is 2. The maximum atomic E-state index is 9.19. The number of rotatable bonds is 6. The summed E-state index contributed by atoms with van der Waals surface area (Å²) in [4.78, 5) is 0. The van der Waals surface area contributed by atoms with Gasteiger partial charge in [-0.15, -0.1) is 0 Å². The second-order valence-electron chi connectivity index (χ2n) is 6.18. The van der Waals surface area contributed by atoms with Crippen molar-refractivity contribution in [2.75, 3.05) is 32.6 Å². The summed E-state index contributed by atoms with van der Waals surface area (Å²) < 4.78 is 43.8. The fourth-order valence-electron chi connectivity index (χ4n) is 2.74. The Balaban J connectivity index is 0.000000500. The van der Waals surface area contributed by atoms with Crippen molar-refractivity contribution in [3.8, 4) is 11.5 Å². The standard InChI is InChI=1S/C19H23NO3.CH4O3S/c1-2-21-16-10-6-7-11-17(16)23-19(15-8-4-3-5-9-15)18-14-20-12-13-22-18;1-5(2,3)4/h3-11,18-20H,2,12-14H2,1H3;1H3,(H,2,3,4)/t18-,19+;/m1./s1. The van der Waals surface area contributed by atoms with Crippen LogP contribution in [-0.2, 0) is 14.9 Å². The van der Waals surface area contributed by atoms with E-state index in [0.717, 1.165) is 30.2 Å². The number of morpholine rings is 1. The van der Waals surface area contributed by atoms with Crippen molar-refractivity contribution in [3.63, 3.8) is 0 Å². The minimum Gasteiger partial charge on any atom is -0.490 e. The third-order valence-corrected chi connectivity index (χ3v) is 3.83. The van der Waals surface area contributed by atoms with Crippen LogP contribution in [0.2, 0.25) is 0 Å². The number of hydrogen-bond donors (Lipinski definition) is 2. The van der Waals surface area contributed by atoms with Gasteiger partial charge in [0, 0.05) is 13.1 Å². The summed E-state index contributed by atoms with van der Waals surface area (Å²) in [5.74, 6) is 1.51. The lowest BCUT2D eigenvalue weighted by molar-refractivity contribution is -0.0439. The van der Waals surface area contributed by atoms with Crippen molar-refractivity contribution in [2.45, 2.75) is 19.1 Å². The van der Waals surface area contributed by atoms with Gasteiger partial charge in [-0.2, -0.15) is 8.42 Å². The summed E-state index contributed by atoms with van der Waals surface area (Å²) in [5.41, 5.74) is 1.10. The first-order valence-corrected chi connectivity index (χ1v) is 10.9. The Bertz CT molecular complexity index is 798. The van der Waals surface area contributed by atoms with E-state index < -0.39 is 10.1 Å². The molecule has 0 aliphatic carbocycles. The van der Waals surface area contributed by atoms with Crippen LogP contribution in [-0.4, -0.2) is 51.6 Å². The first-order chi connectivity index (χ1) is 13.4. The zero-order valence-corrected chi connectivity index (χ0v) is 16.9. The summed E-state index contributed by atoms with van der Waals surface area (Å²) in [7, 11) is -3.67. The van der Waals surface area contributed by atoms with Crippen molar-refractivity contribution < 1.29 is 27.2 Å². The molecule has 0 saturated carbocycles. The molecule has 8 heteroatoms. The molecule has 28 heavy (non-hydrogen) atoms. The van der Waals surface area contributed by atoms with Gasteiger partial charge in [-0.3, -0.25) is 4.55 Å². The van der Waals surface area contributed by atoms with Gasteiger partial charge < -0.3 is 19.5 Å². The molecule has 1 aliphatic rings. The molecule has 2 atom stereocenters. The molecule has 0 spiro atoms. The van der Waals surface area contributed by atoms with Gasteiger partial charge >= 0.3 is 0 Å². The molecule has 2 aromatic rings. The first kappa shape index (κ1) is 22.2. The molecule has 0 amide bonds. The third kappa shape index (κ3) is 7.85. The van der Waals surface area contributed by atoms with Crippen LogP contribution in [0.15, 0.2) is 54.6 Å². The first-order valence-electron chi connectivity index (χ1n) is 9.06. The average Bonchev–Trinajstić information content (AvgIpc) is 2.67. The van der Waals surface area contributed by atoms with Crippen molar-refractivity contribution in [3.05, 3.63) is 60.2 Å². The molecular weight excluding hydrogens is 382 g/mol. The molecule has 2 N–H and O–H groups in total. The zero-order valence-electron chi connectivity index (χ0n) is 16.1. The molecule has 1 heterocycles. The van der Waals surface area contributed by atoms with E-state index in [4.69, 9.17) is 18.8 Å². The lowest BCUT2D eigenvalue weighted by atomic mass is 10.0. The van der Waals surface area contributed by atoms with Crippen molar-refractivity contribution in [1.29, 1.82) is 0 Å². The van der Waals surface area contributed by atoms with E-state index in [-0.39, 0.29) is 12.2 Å². The van der Waals surface area contributed by atoms with Crippen molar-refractivity contribution >= 4 is 10.1 Å². The lowest BCUT2D eigenvalue weighted by Crippen LogP contribution is -2.43. The van der Waals surface area contributed by atoms with Crippen LogP contribution in [0.1, 0.15) is 18.6 Å². The molecule has 3 rings (SSSR count). The topological polar surface area (TPSA) is 94.1 Å². The predicted octanol–water partition coefficient (Wildman–Crippen LogP) is 2.70. The van der Waals surface area contributed by atoms with Gasteiger partial charge in [0.15, 0.2) is 17.6 Å². The largest absolute Gasteiger partial charge is 0.490 e. The molecule has 0 bridgehead atoms. The molecule has 0 radical (unpaired) electrons. The molecule has 0 unspecified atom stereocenters. The fraction of sp³-hybridized carbons (Fsp3) is 0.400. The quantitative estimate of drug-likeness (QED) is 0.709. The maximum absolute atomic E-state index is 9.19. The van der Waals surface area contributed by atoms with E-state index in [1.807, 2.05) is 49.4 Å². The predicted molar refractivity (Wildman–Crippen MR) is 108 cm³/mol. The summed E-state index contributed by atoms with van der Waals surface area (Å²) in [5, 5.41) is 3.37. The molecule has 2 aromatic carbocycles. The maximum Gasteiger partial charge on any atom is 0.261 e. The van der Waals surface area contributed by atoms with Gasteiger partial charge in [0.25, 0.3) is 10.1 Å². The smallest absolute Gasteiger partial charge is 0.261 e. The zero-order chi connectivity index (χ0) is 20.4. The van der Waals surface area contributed by atoms with Crippen molar-refractivity contribution in [2.24, 2.45) is 0 Å². The highest BCUT2D eigenvalue weighted by Gasteiger charge is 2.28. The number of benzene rings is 2. The van der Waals surface area contributed by atoms with E-state index in [2.05, 4.69) is 17.4 Å². The van der Waals surface area contributed by atoms with E-state index in [1.54, 1.807) is 0 Å². The Hall–Kier alpha value is -2.13. The van der Waals surface area contributed by atoms with Gasteiger partial charge in [0.2, 0.25) is 0 Å². The molecule has 7 nitrogen and oxygen atoms in total. The van der Waals surface area contributed by atoms with Gasteiger partial charge in [-0.25, -0.2) is 0 Å². The monoisotopic (exact) mass is 409 g/mol. The van der Waals surface area contributed by atoms with E-state index >= 15 is 0 Å². The van der Waals surface area contributed by atoms with Crippen molar-refractivity contribution in [1.82, 2.24) is 5.32 Å². The number of nitrogens with one attached hydrogen (secondary N) is 1. The highest BCUT2D eigenvalue weighted by molar-refractivity contribution is 7.85. The van der Waals surface area contributed by atoms with Crippen LogP contribution in [0.5, 0.6) is 11.5 Å². The molecule has 0 aromatic heterocycles. The van der Waals surface area contributed by atoms with E-state index in [0.29, 0.717) is 19.5 Å². The van der Waals surface area contributed by atoms with E-state index in [9.17, 15) is 8.42 Å². The highest BCUT2D eigenvalue weighted by atomic mass is 32.2. The van der Waals surface area contributed by atoms with Crippen LogP contribution < -0.4 is 14.8 Å². The Morgan fingerprint density at radius 1 is 1.14 bits per heavy atom. The third-order valence-electron chi connectivity index (χ3n) is 3.83. The van der Waals surface area contributed by atoms with Gasteiger partial charge in [0.05, 0.1) is 19.5 Å². The normalized spacial score (nSPS) is 17.8. The lowest BCUT2D eigenvalue weighted by Gasteiger charge is -2.32. The average molecular weight is 410 g/mol. The summed E-state index contributed by atoms with van der Waals surface area (Å²) >= 11 is 0. The fourth-order valence-corrected chi connectivity index (χ4v) is 2.74. The van der Waals surface area contributed by atoms with Gasteiger partial charge in [0.1, 0.15) is 6.10 Å². The molecular formula is C20H27NO6S. The number of ether oxygens (including phenoxy) is 3. The minimum absolute atomic E-state index is 0.0270.